The maximum absolute atomic E-state index is 12.4. The largest absolute Gasteiger partial charge is 0.373 e. The minimum Gasteiger partial charge on any atom is -0.373 e. The number of hydrogen-bond acceptors (Lipinski definition) is 9. The number of amides is 1. The number of fused-ring (bicyclic) bond motifs is 1. The van der Waals surface area contributed by atoms with Crippen LogP contribution in [0.1, 0.15) is 24.3 Å². The summed E-state index contributed by atoms with van der Waals surface area (Å²) >= 11 is 0. The van der Waals surface area contributed by atoms with Crippen LogP contribution in [0.3, 0.4) is 0 Å². The van der Waals surface area contributed by atoms with Crippen molar-refractivity contribution in [3.8, 4) is 22.8 Å². The number of hydrogen-bond donors (Lipinski definition) is 2. The van der Waals surface area contributed by atoms with Crippen molar-refractivity contribution in [2.45, 2.75) is 31.4 Å². The van der Waals surface area contributed by atoms with Gasteiger partial charge in [-0.15, -0.1) is 0 Å². The van der Waals surface area contributed by atoms with Crippen LogP contribution in [0.4, 0.5) is 11.6 Å². The highest BCUT2D eigenvalue weighted by molar-refractivity contribution is 5.87. The highest BCUT2D eigenvalue weighted by Crippen LogP contribution is 2.34. The van der Waals surface area contributed by atoms with Gasteiger partial charge in [0.1, 0.15) is 5.69 Å². The predicted molar refractivity (Wildman–Crippen MR) is 121 cm³/mol. The van der Waals surface area contributed by atoms with Crippen molar-refractivity contribution in [3.05, 3.63) is 54.2 Å². The summed E-state index contributed by atoms with van der Waals surface area (Å²) in [4.78, 5) is 27.5. The first-order chi connectivity index (χ1) is 16.5. The summed E-state index contributed by atoms with van der Waals surface area (Å²) in [5, 5.41) is 22.5. The van der Waals surface area contributed by atoms with Crippen LogP contribution in [0, 0.1) is 0 Å². The van der Waals surface area contributed by atoms with Crippen molar-refractivity contribution >= 4 is 17.5 Å². The lowest BCUT2D eigenvalue weighted by atomic mass is 9.98. The number of carbonyl (C=O) groups is 1. The minimum atomic E-state index is -1.70. The molecule has 0 radical (unpaired) electrons. The normalized spacial score (nSPS) is 19.6. The Hall–Kier alpha value is -4.12. The van der Waals surface area contributed by atoms with E-state index in [1.54, 1.807) is 37.6 Å². The summed E-state index contributed by atoms with van der Waals surface area (Å²) in [6.07, 6.45) is 5.78. The molecule has 2 N–H and O–H groups in total. The summed E-state index contributed by atoms with van der Waals surface area (Å²) in [7, 11) is 1.65. The fourth-order valence-corrected chi connectivity index (χ4v) is 4.44. The number of likely N-dealkylation sites (tertiary alicyclic amines) is 1. The van der Waals surface area contributed by atoms with E-state index in [1.165, 1.54) is 4.90 Å². The van der Waals surface area contributed by atoms with E-state index in [2.05, 4.69) is 30.5 Å². The first-order valence-electron chi connectivity index (χ1n) is 11.1. The second-order valence-corrected chi connectivity index (χ2v) is 8.54. The van der Waals surface area contributed by atoms with E-state index in [9.17, 15) is 9.90 Å². The number of nitrogens with zero attached hydrogens (tertiary/aromatic N) is 7. The van der Waals surface area contributed by atoms with E-state index in [4.69, 9.17) is 4.52 Å². The molecule has 34 heavy (non-hydrogen) atoms. The lowest BCUT2D eigenvalue weighted by Crippen LogP contribution is -2.35. The number of pyridine rings is 1. The number of rotatable bonds is 5. The molecular formula is C23H22N8O3. The molecule has 0 aromatic carbocycles. The van der Waals surface area contributed by atoms with Gasteiger partial charge < -0.3 is 19.8 Å². The van der Waals surface area contributed by atoms with Crippen LogP contribution in [0.2, 0.25) is 0 Å². The minimum absolute atomic E-state index is 0.117. The van der Waals surface area contributed by atoms with Crippen molar-refractivity contribution < 1.29 is 14.4 Å². The zero-order valence-electron chi connectivity index (χ0n) is 18.5. The number of likely N-dealkylation sites (N-methyl/N-ethyl adjacent to an activating group) is 1. The van der Waals surface area contributed by atoms with Crippen LogP contribution in [-0.4, -0.2) is 59.4 Å². The van der Waals surface area contributed by atoms with Gasteiger partial charge in [0.25, 0.3) is 5.91 Å². The zero-order chi connectivity index (χ0) is 23.3. The fraction of sp³-hybridized carbons (Fsp3) is 0.304. The number of aryl methyl sites for hydroxylation is 1. The molecule has 1 amide bonds. The molecule has 1 saturated heterocycles. The zero-order valence-corrected chi connectivity index (χ0v) is 18.5. The highest BCUT2D eigenvalue weighted by Gasteiger charge is 2.48. The van der Waals surface area contributed by atoms with Gasteiger partial charge in [-0.25, -0.2) is 15.0 Å². The highest BCUT2D eigenvalue weighted by atomic mass is 16.5. The average Bonchev–Trinajstić information content (AvgIpc) is 3.64. The van der Waals surface area contributed by atoms with Crippen LogP contribution in [0.25, 0.3) is 22.8 Å². The molecule has 172 valence electrons. The van der Waals surface area contributed by atoms with Crippen LogP contribution in [-0.2, 0) is 23.4 Å². The molecular weight excluding hydrogens is 436 g/mol. The first kappa shape index (κ1) is 20.5. The fourth-order valence-electron chi connectivity index (χ4n) is 4.44. The lowest BCUT2D eigenvalue weighted by Gasteiger charge is -2.16. The maximum atomic E-state index is 12.4. The van der Waals surface area contributed by atoms with Gasteiger partial charge in [-0.3, -0.25) is 9.48 Å². The Morgan fingerprint density at radius 3 is 2.76 bits per heavy atom. The van der Waals surface area contributed by atoms with Crippen molar-refractivity contribution in [1.29, 1.82) is 0 Å². The van der Waals surface area contributed by atoms with E-state index in [1.807, 2.05) is 16.8 Å². The molecule has 6 heterocycles. The number of carbonyl (C=O) groups excluding carboxylic acids is 1. The van der Waals surface area contributed by atoms with Gasteiger partial charge >= 0.3 is 0 Å². The summed E-state index contributed by atoms with van der Waals surface area (Å²) in [6, 6.07) is 8.82. The monoisotopic (exact) mass is 458 g/mol. The van der Waals surface area contributed by atoms with Crippen LogP contribution >= 0.6 is 0 Å². The lowest BCUT2D eigenvalue weighted by molar-refractivity contribution is -0.144. The molecule has 4 aromatic heterocycles. The Bertz CT molecular complexity index is 1400. The Morgan fingerprint density at radius 2 is 1.94 bits per heavy atom. The van der Waals surface area contributed by atoms with Gasteiger partial charge in [0.15, 0.2) is 5.76 Å². The van der Waals surface area contributed by atoms with Crippen LogP contribution < -0.4 is 5.32 Å². The molecule has 0 aliphatic carbocycles. The van der Waals surface area contributed by atoms with E-state index in [0.717, 1.165) is 30.8 Å². The second kappa shape index (κ2) is 7.73. The van der Waals surface area contributed by atoms with Crippen LogP contribution in [0.5, 0.6) is 0 Å². The Balaban J connectivity index is 1.27. The van der Waals surface area contributed by atoms with Gasteiger partial charge in [-0.05, 0) is 31.0 Å². The van der Waals surface area contributed by atoms with E-state index < -0.39 is 11.5 Å². The number of anilines is 2. The van der Waals surface area contributed by atoms with Crippen molar-refractivity contribution in [2.24, 2.45) is 0 Å². The molecule has 0 bridgehead atoms. The van der Waals surface area contributed by atoms with E-state index in [-0.39, 0.29) is 12.2 Å². The molecule has 1 atom stereocenters. The van der Waals surface area contributed by atoms with E-state index >= 15 is 0 Å². The topological polar surface area (TPSA) is 135 Å². The summed E-state index contributed by atoms with van der Waals surface area (Å²) in [5.41, 5.74) is 2.61. The molecule has 2 aliphatic heterocycles. The number of aliphatic hydroxyl groups is 1. The SMILES string of the molecule is CN1CC[C@@](O)(c2cc(-c3cccc(-c4ccnc(Nc5cnn6c5CCC6)n4)n3)no2)C1=O. The van der Waals surface area contributed by atoms with Crippen molar-refractivity contribution in [3.63, 3.8) is 0 Å². The Labute approximate surface area is 194 Å². The molecule has 4 aromatic rings. The van der Waals surface area contributed by atoms with Gasteiger partial charge in [0, 0.05) is 38.8 Å². The van der Waals surface area contributed by atoms with Gasteiger partial charge in [-0.1, -0.05) is 11.2 Å². The molecule has 0 unspecified atom stereocenters. The molecule has 11 heteroatoms. The van der Waals surface area contributed by atoms with Gasteiger partial charge in [-0.2, -0.15) is 5.10 Å². The molecule has 0 spiro atoms. The first-order valence-corrected chi connectivity index (χ1v) is 11.1. The third-order valence-corrected chi connectivity index (χ3v) is 6.34. The Morgan fingerprint density at radius 1 is 1.12 bits per heavy atom. The van der Waals surface area contributed by atoms with E-state index in [0.29, 0.717) is 35.3 Å². The smallest absolute Gasteiger partial charge is 0.262 e. The predicted octanol–water partition coefficient (Wildman–Crippen LogP) is 2.13. The average molecular weight is 458 g/mol. The summed E-state index contributed by atoms with van der Waals surface area (Å²) < 4.78 is 7.35. The molecule has 1 fully saturated rings. The summed E-state index contributed by atoms with van der Waals surface area (Å²) in [5.74, 6) is 0.176. The standard InChI is InChI=1S/C23H22N8O3/c1-30-11-8-23(33,21(30)32)20-12-17(29-34-20)15-5-2-4-14(26-15)16-7-9-24-22(27-16)28-18-13-25-31-10-3-6-19(18)31/h2,4-5,7,9,12-13,33H,3,6,8,10-11H2,1H3,(H,24,27,28)/t23-/m1/s1. The third kappa shape index (κ3) is 3.32. The second-order valence-electron chi connectivity index (χ2n) is 8.54. The van der Waals surface area contributed by atoms with Gasteiger partial charge in [0.05, 0.1) is 34.7 Å². The number of aromatic nitrogens is 6. The van der Waals surface area contributed by atoms with Gasteiger partial charge in [0.2, 0.25) is 11.5 Å². The quantitative estimate of drug-likeness (QED) is 0.461. The molecule has 2 aliphatic rings. The van der Waals surface area contributed by atoms with Crippen molar-refractivity contribution in [2.75, 3.05) is 18.9 Å². The number of nitrogens with one attached hydrogen (secondary N) is 1. The molecule has 6 rings (SSSR count). The molecule has 11 nitrogen and oxygen atoms in total. The summed E-state index contributed by atoms with van der Waals surface area (Å²) in [6.45, 7) is 1.38. The Kier molecular flexibility index (Phi) is 4.66. The maximum Gasteiger partial charge on any atom is 0.262 e. The molecule has 0 saturated carbocycles. The van der Waals surface area contributed by atoms with Crippen LogP contribution in [0.15, 0.2) is 47.2 Å². The van der Waals surface area contributed by atoms with Crippen molar-refractivity contribution in [1.82, 2.24) is 34.8 Å². The third-order valence-electron chi connectivity index (χ3n) is 6.34.